The normalized spacial score (nSPS) is 17.4. The summed E-state index contributed by atoms with van der Waals surface area (Å²) in [6, 6.07) is 5.15. The van der Waals surface area contributed by atoms with E-state index in [4.69, 9.17) is 5.26 Å². The van der Waals surface area contributed by atoms with Gasteiger partial charge in [0.15, 0.2) is 0 Å². The number of carbonyl (C=O) groups is 2. The van der Waals surface area contributed by atoms with Crippen LogP contribution in [0, 0.1) is 24.1 Å². The summed E-state index contributed by atoms with van der Waals surface area (Å²) in [5, 5.41) is 16.5. The van der Waals surface area contributed by atoms with Crippen LogP contribution in [0.2, 0.25) is 0 Å². The number of rotatable bonds is 7. The van der Waals surface area contributed by atoms with Gasteiger partial charge in [-0.25, -0.2) is 13.2 Å². The molecule has 0 saturated carbocycles. The van der Waals surface area contributed by atoms with Gasteiger partial charge < -0.3 is 15.5 Å². The fourth-order valence-corrected chi connectivity index (χ4v) is 3.90. The quantitative estimate of drug-likeness (QED) is 0.435. The number of carbonyl (C=O) groups excluding carboxylic acids is 2. The van der Waals surface area contributed by atoms with Crippen molar-refractivity contribution in [3.8, 4) is 6.07 Å². The van der Waals surface area contributed by atoms with Crippen molar-refractivity contribution in [2.75, 3.05) is 13.1 Å². The smallest absolute Gasteiger partial charge is 0.374 e. The van der Waals surface area contributed by atoms with E-state index in [0.29, 0.717) is 13.0 Å². The lowest BCUT2D eigenvalue weighted by atomic mass is 9.84. The Bertz CT molecular complexity index is 1440. The third-order valence-electron chi connectivity index (χ3n) is 5.94. The molecule has 220 valence electrons. The molecule has 1 aliphatic rings. The van der Waals surface area contributed by atoms with Crippen molar-refractivity contribution in [1.29, 1.82) is 5.26 Å². The summed E-state index contributed by atoms with van der Waals surface area (Å²) in [6.07, 6.45) is -12.2. The van der Waals surface area contributed by atoms with E-state index in [1.165, 1.54) is 19.1 Å². The molecule has 7 nitrogen and oxygen atoms in total. The predicted molar refractivity (Wildman–Crippen MR) is 123 cm³/mol. The molecule has 0 aliphatic carbocycles. The van der Waals surface area contributed by atoms with E-state index in [2.05, 4.69) is 15.3 Å². The summed E-state index contributed by atoms with van der Waals surface area (Å²) >= 11 is 0. The van der Waals surface area contributed by atoms with E-state index in [1.54, 1.807) is 0 Å². The van der Waals surface area contributed by atoms with Gasteiger partial charge in [0.25, 0.3) is 17.4 Å². The molecule has 0 aromatic heterocycles. The number of hydrogen-bond acceptors (Lipinski definition) is 5. The van der Waals surface area contributed by atoms with Gasteiger partial charge in [0, 0.05) is 18.1 Å². The average molecular weight is 594 g/mol. The molecule has 1 heterocycles. The van der Waals surface area contributed by atoms with Gasteiger partial charge in [-0.3, -0.25) is 9.59 Å². The summed E-state index contributed by atoms with van der Waals surface area (Å²) in [7, 11) is 0. The Kier molecular flexibility index (Phi) is 8.34. The topological polar surface area (TPSA) is 104 Å². The Labute approximate surface area is 225 Å². The molecule has 0 spiro atoms. The number of oxime groups is 1. The third-order valence-corrected chi connectivity index (χ3v) is 5.94. The molecule has 0 radical (unpaired) electrons. The zero-order valence-corrected chi connectivity index (χ0v) is 21.0. The highest BCUT2D eigenvalue weighted by Gasteiger charge is 2.64. The molecule has 0 fully saturated rings. The molecule has 16 heteroatoms. The van der Waals surface area contributed by atoms with Gasteiger partial charge in [-0.1, -0.05) is 11.2 Å². The maximum atomic E-state index is 14.9. The van der Waals surface area contributed by atoms with E-state index in [0.717, 1.165) is 12.1 Å². The van der Waals surface area contributed by atoms with Gasteiger partial charge in [-0.15, -0.1) is 0 Å². The lowest BCUT2D eigenvalue weighted by Gasteiger charge is -2.30. The van der Waals surface area contributed by atoms with Gasteiger partial charge in [-0.05, 0) is 42.3 Å². The van der Waals surface area contributed by atoms with Gasteiger partial charge in [-0.2, -0.15) is 31.6 Å². The highest BCUT2D eigenvalue weighted by molar-refractivity contribution is 6.04. The number of nitrogens with zero attached hydrogens (tertiary/aromatic N) is 2. The third kappa shape index (κ3) is 6.72. The van der Waals surface area contributed by atoms with E-state index in [-0.39, 0.29) is 22.8 Å². The molecule has 2 aromatic carbocycles. The van der Waals surface area contributed by atoms with Crippen LogP contribution in [-0.4, -0.2) is 42.7 Å². The molecule has 0 unspecified atom stereocenters. The molecule has 0 saturated heterocycles. The molecule has 41 heavy (non-hydrogen) atoms. The van der Waals surface area contributed by atoms with Crippen LogP contribution in [0.3, 0.4) is 0 Å². The summed E-state index contributed by atoms with van der Waals surface area (Å²) in [5.74, 6) is -7.18. The number of nitrogens with one attached hydrogen (secondary N) is 2. The molecule has 0 bridgehead atoms. The van der Waals surface area contributed by atoms with E-state index >= 15 is 0 Å². The number of aryl methyl sites for hydroxylation is 1. The molecule has 2 N–H and O–H groups in total. The van der Waals surface area contributed by atoms with E-state index < -0.39 is 83.4 Å². The summed E-state index contributed by atoms with van der Waals surface area (Å²) in [6.45, 7) is 0.337. The highest BCUT2D eigenvalue weighted by atomic mass is 19.4. The van der Waals surface area contributed by atoms with Crippen molar-refractivity contribution in [2.24, 2.45) is 5.16 Å². The number of benzene rings is 2. The Morgan fingerprint density at radius 1 is 1.07 bits per heavy atom. The number of amides is 2. The maximum Gasteiger partial charge on any atom is 0.435 e. The molecular weight excluding hydrogens is 575 g/mol. The molecular formula is C25H19F9N4O3. The summed E-state index contributed by atoms with van der Waals surface area (Å²) < 4.78 is 124. The monoisotopic (exact) mass is 594 g/mol. The fourth-order valence-electron chi connectivity index (χ4n) is 3.90. The van der Waals surface area contributed by atoms with Crippen LogP contribution in [0.4, 0.5) is 39.5 Å². The van der Waals surface area contributed by atoms with Crippen LogP contribution < -0.4 is 10.6 Å². The van der Waals surface area contributed by atoms with Gasteiger partial charge in [0.2, 0.25) is 5.91 Å². The second kappa shape index (κ2) is 10.9. The van der Waals surface area contributed by atoms with Crippen LogP contribution in [0.15, 0.2) is 35.5 Å². The average Bonchev–Trinajstić information content (AvgIpc) is 3.32. The largest absolute Gasteiger partial charge is 0.435 e. The fraction of sp³-hybridized carbons (Fsp3) is 0.360. The number of hydrogen-bond donors (Lipinski definition) is 2. The standard InChI is InChI=1S/C25H19F9N4O3/c1-12-5-14(3-4-15(12)21(40)36-10-19(39)37-11-22(2,27)28)18-8-23(41-38-18,25(32,33)34)16-6-13(9-35)7-17(20(16)26)24(29,30)31/h3-7H,8,10-11H2,1-2H3,(H,36,40)(H,37,39)/t23-/m0/s1. The minimum Gasteiger partial charge on any atom is -0.374 e. The molecule has 3 rings (SSSR count). The zero-order chi connectivity index (χ0) is 31.0. The van der Waals surface area contributed by atoms with Gasteiger partial charge >= 0.3 is 12.4 Å². The number of alkyl halides is 8. The Morgan fingerprint density at radius 3 is 2.27 bits per heavy atom. The molecule has 1 atom stereocenters. The minimum absolute atomic E-state index is 0.0495. The zero-order valence-electron chi connectivity index (χ0n) is 21.0. The van der Waals surface area contributed by atoms with E-state index in [9.17, 15) is 49.1 Å². The van der Waals surface area contributed by atoms with Crippen LogP contribution in [-0.2, 0) is 21.4 Å². The van der Waals surface area contributed by atoms with Gasteiger partial charge in [0.05, 0.1) is 42.4 Å². The van der Waals surface area contributed by atoms with Crippen LogP contribution in [0.5, 0.6) is 0 Å². The lowest BCUT2D eigenvalue weighted by Crippen LogP contribution is -2.44. The summed E-state index contributed by atoms with van der Waals surface area (Å²) in [4.78, 5) is 28.7. The first kappa shape index (κ1) is 31.2. The number of nitriles is 1. The highest BCUT2D eigenvalue weighted by Crippen LogP contribution is 2.51. The van der Waals surface area contributed by atoms with E-state index in [1.807, 2.05) is 5.32 Å². The van der Waals surface area contributed by atoms with Crippen molar-refractivity contribution in [3.05, 3.63) is 69.5 Å². The lowest BCUT2D eigenvalue weighted by molar-refractivity contribution is -0.277. The molecule has 2 amide bonds. The predicted octanol–water partition coefficient (Wildman–Crippen LogP) is 5.11. The first-order valence-corrected chi connectivity index (χ1v) is 11.5. The first-order valence-electron chi connectivity index (χ1n) is 11.5. The van der Waals surface area contributed by atoms with Crippen molar-refractivity contribution >= 4 is 17.5 Å². The number of halogens is 9. The van der Waals surface area contributed by atoms with Crippen molar-refractivity contribution in [3.63, 3.8) is 0 Å². The van der Waals surface area contributed by atoms with Crippen molar-refractivity contribution in [1.82, 2.24) is 10.6 Å². The second-order valence-corrected chi connectivity index (χ2v) is 9.19. The SMILES string of the molecule is Cc1cc(C2=NO[C@@](c3cc(C#N)cc(C(F)(F)F)c3F)(C(F)(F)F)C2)ccc1C(=O)NCC(=O)NCC(C)(F)F. The Hall–Kier alpha value is -4.29. The van der Waals surface area contributed by atoms with Crippen molar-refractivity contribution in [2.45, 2.75) is 44.1 Å². The first-order chi connectivity index (χ1) is 18.8. The minimum atomic E-state index is -5.49. The molecule has 1 aliphatic heterocycles. The summed E-state index contributed by atoms with van der Waals surface area (Å²) in [5.41, 5.74) is -8.66. The van der Waals surface area contributed by atoms with Gasteiger partial charge in [0.1, 0.15) is 5.82 Å². The van der Waals surface area contributed by atoms with Crippen LogP contribution in [0.1, 0.15) is 51.5 Å². The van der Waals surface area contributed by atoms with Crippen LogP contribution >= 0.6 is 0 Å². The maximum absolute atomic E-state index is 14.9. The second-order valence-electron chi connectivity index (χ2n) is 9.19. The van der Waals surface area contributed by atoms with Crippen LogP contribution in [0.25, 0.3) is 0 Å². The Morgan fingerprint density at radius 2 is 1.73 bits per heavy atom. The molecule has 2 aromatic rings. The van der Waals surface area contributed by atoms with Crippen molar-refractivity contribution < 1.29 is 53.9 Å². The Balaban J connectivity index is 1.88.